The first-order valence-corrected chi connectivity index (χ1v) is 7.49. The van der Waals surface area contributed by atoms with E-state index in [0.29, 0.717) is 13.1 Å². The average Bonchev–Trinajstić information content (AvgIpc) is 2.76. The number of para-hydroxylation sites is 1. The van der Waals surface area contributed by atoms with Gasteiger partial charge >= 0.3 is 0 Å². The molecule has 110 valence electrons. The lowest BCUT2D eigenvalue weighted by molar-refractivity contribution is -0.129. The zero-order chi connectivity index (χ0) is 14.4. The fraction of sp³-hybridized carbons (Fsp3) is 0.562. The zero-order valence-electron chi connectivity index (χ0n) is 12.3. The van der Waals surface area contributed by atoms with Crippen molar-refractivity contribution in [2.24, 2.45) is 5.73 Å². The molecular formula is C16H25N3O. The van der Waals surface area contributed by atoms with E-state index in [9.17, 15) is 4.79 Å². The van der Waals surface area contributed by atoms with Crippen LogP contribution in [-0.4, -0.2) is 37.5 Å². The van der Waals surface area contributed by atoms with Gasteiger partial charge in [-0.3, -0.25) is 4.79 Å². The number of likely N-dealkylation sites (tertiary alicyclic amines) is 1. The molecule has 0 aliphatic carbocycles. The number of nitrogens with two attached hydrogens (primary N) is 1. The van der Waals surface area contributed by atoms with E-state index in [1.165, 1.54) is 12.8 Å². The number of hydrogen-bond acceptors (Lipinski definition) is 3. The lowest BCUT2D eigenvalue weighted by atomic mass is 10.1. The normalized spacial score (nSPS) is 15.8. The van der Waals surface area contributed by atoms with E-state index in [-0.39, 0.29) is 5.91 Å². The number of benzene rings is 1. The van der Waals surface area contributed by atoms with Gasteiger partial charge in [0.05, 0.1) is 6.54 Å². The van der Waals surface area contributed by atoms with Crippen molar-refractivity contribution in [3.05, 3.63) is 29.8 Å². The standard InChI is InChI=1S/C16H25N3O/c1-18(15-9-5-4-8-14(15)12-17)13-16(20)19-10-6-2-3-7-11-19/h4-5,8-9H,2-3,6-7,10-13,17H2,1H3. The number of carbonyl (C=O) groups is 1. The van der Waals surface area contributed by atoms with Crippen molar-refractivity contribution in [2.75, 3.05) is 31.6 Å². The first-order valence-electron chi connectivity index (χ1n) is 7.49. The van der Waals surface area contributed by atoms with Gasteiger partial charge in [0.2, 0.25) is 5.91 Å². The molecule has 1 aromatic carbocycles. The summed E-state index contributed by atoms with van der Waals surface area (Å²) in [5.41, 5.74) is 7.90. The molecule has 2 N–H and O–H groups in total. The highest BCUT2D eigenvalue weighted by atomic mass is 16.2. The van der Waals surface area contributed by atoms with E-state index in [1.54, 1.807) is 0 Å². The van der Waals surface area contributed by atoms with Gasteiger partial charge in [0.1, 0.15) is 0 Å². The van der Waals surface area contributed by atoms with Gasteiger partial charge in [-0.1, -0.05) is 31.0 Å². The van der Waals surface area contributed by atoms with Gasteiger partial charge in [-0.25, -0.2) is 0 Å². The summed E-state index contributed by atoms with van der Waals surface area (Å²) in [5, 5.41) is 0. The number of amides is 1. The highest BCUT2D eigenvalue weighted by Crippen LogP contribution is 2.19. The molecule has 1 aliphatic rings. The van der Waals surface area contributed by atoms with Gasteiger partial charge in [0.15, 0.2) is 0 Å². The van der Waals surface area contributed by atoms with Crippen molar-refractivity contribution in [3.63, 3.8) is 0 Å². The summed E-state index contributed by atoms with van der Waals surface area (Å²) in [5.74, 6) is 0.223. The summed E-state index contributed by atoms with van der Waals surface area (Å²) >= 11 is 0. The minimum atomic E-state index is 0.223. The Labute approximate surface area is 121 Å². The Morgan fingerprint density at radius 2 is 1.85 bits per heavy atom. The van der Waals surface area contributed by atoms with E-state index in [4.69, 9.17) is 5.73 Å². The maximum atomic E-state index is 12.4. The smallest absolute Gasteiger partial charge is 0.242 e. The van der Waals surface area contributed by atoms with Crippen LogP contribution < -0.4 is 10.6 Å². The van der Waals surface area contributed by atoms with E-state index in [0.717, 1.165) is 37.2 Å². The minimum Gasteiger partial charge on any atom is -0.365 e. The van der Waals surface area contributed by atoms with Crippen LogP contribution in [-0.2, 0) is 11.3 Å². The van der Waals surface area contributed by atoms with Crippen LogP contribution in [0.5, 0.6) is 0 Å². The van der Waals surface area contributed by atoms with E-state index < -0.39 is 0 Å². The molecule has 0 spiro atoms. The fourth-order valence-electron chi connectivity index (χ4n) is 2.76. The molecule has 2 rings (SSSR count). The Morgan fingerprint density at radius 1 is 1.20 bits per heavy atom. The fourth-order valence-corrected chi connectivity index (χ4v) is 2.76. The number of likely N-dealkylation sites (N-methyl/N-ethyl adjacent to an activating group) is 1. The second kappa shape index (κ2) is 7.29. The first kappa shape index (κ1) is 14.9. The number of hydrogen-bond donors (Lipinski definition) is 1. The second-order valence-electron chi connectivity index (χ2n) is 5.48. The maximum absolute atomic E-state index is 12.4. The largest absolute Gasteiger partial charge is 0.365 e. The van der Waals surface area contributed by atoms with Crippen LogP contribution >= 0.6 is 0 Å². The first-order chi connectivity index (χ1) is 9.72. The summed E-state index contributed by atoms with van der Waals surface area (Å²) < 4.78 is 0. The number of carbonyl (C=O) groups excluding carboxylic acids is 1. The molecule has 4 nitrogen and oxygen atoms in total. The molecule has 1 heterocycles. The van der Waals surface area contributed by atoms with E-state index in [1.807, 2.05) is 41.1 Å². The Hall–Kier alpha value is -1.55. The number of nitrogens with zero attached hydrogens (tertiary/aromatic N) is 2. The van der Waals surface area contributed by atoms with Crippen LogP contribution in [0, 0.1) is 0 Å². The van der Waals surface area contributed by atoms with Crippen molar-refractivity contribution in [3.8, 4) is 0 Å². The monoisotopic (exact) mass is 275 g/mol. The van der Waals surface area contributed by atoms with Gasteiger partial charge in [-0.05, 0) is 24.5 Å². The van der Waals surface area contributed by atoms with Crippen molar-refractivity contribution >= 4 is 11.6 Å². The molecule has 1 aliphatic heterocycles. The summed E-state index contributed by atoms with van der Waals surface area (Å²) in [6.07, 6.45) is 4.76. The van der Waals surface area contributed by atoms with Crippen LogP contribution in [0.1, 0.15) is 31.2 Å². The van der Waals surface area contributed by atoms with Crippen LogP contribution in [0.15, 0.2) is 24.3 Å². The van der Waals surface area contributed by atoms with E-state index >= 15 is 0 Å². The van der Waals surface area contributed by atoms with Crippen LogP contribution in [0.3, 0.4) is 0 Å². The third kappa shape index (κ3) is 3.73. The van der Waals surface area contributed by atoms with Gasteiger partial charge in [-0.15, -0.1) is 0 Å². The number of rotatable bonds is 4. The van der Waals surface area contributed by atoms with Crippen molar-refractivity contribution in [1.29, 1.82) is 0 Å². The van der Waals surface area contributed by atoms with Crippen molar-refractivity contribution < 1.29 is 4.79 Å². The molecule has 1 fully saturated rings. The summed E-state index contributed by atoms with van der Waals surface area (Å²) in [7, 11) is 1.96. The summed E-state index contributed by atoms with van der Waals surface area (Å²) in [6.45, 7) is 2.74. The SMILES string of the molecule is CN(CC(=O)N1CCCCCC1)c1ccccc1CN. The zero-order valence-corrected chi connectivity index (χ0v) is 12.3. The van der Waals surface area contributed by atoms with Crippen LogP contribution in [0.4, 0.5) is 5.69 Å². The molecule has 0 radical (unpaired) electrons. The molecule has 0 atom stereocenters. The Balaban J connectivity index is 1.99. The van der Waals surface area contributed by atoms with Gasteiger partial charge in [0.25, 0.3) is 0 Å². The lowest BCUT2D eigenvalue weighted by Crippen LogP contribution is -2.39. The van der Waals surface area contributed by atoms with Crippen LogP contribution in [0.2, 0.25) is 0 Å². The van der Waals surface area contributed by atoms with Crippen molar-refractivity contribution in [1.82, 2.24) is 4.90 Å². The number of anilines is 1. The summed E-state index contributed by atoms with van der Waals surface area (Å²) in [6, 6.07) is 8.01. The quantitative estimate of drug-likeness (QED) is 0.914. The highest BCUT2D eigenvalue weighted by molar-refractivity contribution is 5.81. The minimum absolute atomic E-state index is 0.223. The molecule has 0 unspecified atom stereocenters. The van der Waals surface area contributed by atoms with E-state index in [2.05, 4.69) is 0 Å². The predicted octanol–water partition coefficient (Wildman–Crippen LogP) is 1.98. The molecule has 1 saturated heterocycles. The lowest BCUT2D eigenvalue weighted by Gasteiger charge is -2.26. The topological polar surface area (TPSA) is 49.6 Å². The third-order valence-corrected chi connectivity index (χ3v) is 3.95. The molecule has 0 aromatic heterocycles. The molecule has 1 aromatic rings. The molecular weight excluding hydrogens is 250 g/mol. The Kier molecular flexibility index (Phi) is 5.41. The van der Waals surface area contributed by atoms with Crippen LogP contribution in [0.25, 0.3) is 0 Å². The van der Waals surface area contributed by atoms with Crippen molar-refractivity contribution in [2.45, 2.75) is 32.2 Å². The molecule has 20 heavy (non-hydrogen) atoms. The van der Waals surface area contributed by atoms with Gasteiger partial charge in [0, 0.05) is 32.4 Å². The van der Waals surface area contributed by atoms with Gasteiger partial charge in [-0.2, -0.15) is 0 Å². The Morgan fingerprint density at radius 3 is 2.50 bits per heavy atom. The maximum Gasteiger partial charge on any atom is 0.242 e. The molecule has 1 amide bonds. The summed E-state index contributed by atoms with van der Waals surface area (Å²) in [4.78, 5) is 16.4. The second-order valence-corrected chi connectivity index (χ2v) is 5.48. The predicted molar refractivity (Wildman–Crippen MR) is 82.7 cm³/mol. The highest BCUT2D eigenvalue weighted by Gasteiger charge is 2.17. The van der Waals surface area contributed by atoms with Gasteiger partial charge < -0.3 is 15.5 Å². The third-order valence-electron chi connectivity index (χ3n) is 3.95. The molecule has 0 bridgehead atoms. The Bertz CT molecular complexity index is 439. The molecule has 0 saturated carbocycles. The molecule has 4 heteroatoms. The average molecular weight is 275 g/mol.